The first-order valence-corrected chi connectivity index (χ1v) is 6.51. The number of hydrogen-bond donors (Lipinski definition) is 3. The van der Waals surface area contributed by atoms with E-state index in [1.165, 1.54) is 0 Å². The van der Waals surface area contributed by atoms with Crippen LogP contribution in [0.1, 0.15) is 23.2 Å². The van der Waals surface area contributed by atoms with Crippen LogP contribution in [-0.4, -0.2) is 37.1 Å². The molecule has 4 nitrogen and oxygen atoms in total. The lowest BCUT2D eigenvalue weighted by Crippen LogP contribution is -2.19. The molecule has 1 saturated heterocycles. The Morgan fingerprint density at radius 3 is 3.00 bits per heavy atom. The van der Waals surface area contributed by atoms with E-state index >= 15 is 0 Å². The van der Waals surface area contributed by atoms with E-state index in [9.17, 15) is 4.79 Å². The summed E-state index contributed by atoms with van der Waals surface area (Å²) in [6, 6.07) is 7.62. The Hall–Kier alpha value is -1.39. The molecule has 0 saturated carbocycles. The highest BCUT2D eigenvalue weighted by Crippen LogP contribution is 2.22. The Morgan fingerprint density at radius 2 is 2.28 bits per heavy atom. The van der Waals surface area contributed by atoms with E-state index in [4.69, 9.17) is 5.11 Å². The van der Waals surface area contributed by atoms with Gasteiger partial charge in [-0.2, -0.15) is 0 Å². The Labute approximate surface area is 107 Å². The monoisotopic (exact) mass is 248 g/mol. The minimum absolute atomic E-state index is 0.103. The number of ketones is 1. The molecule has 0 radical (unpaired) electrons. The van der Waals surface area contributed by atoms with Crippen LogP contribution in [0.15, 0.2) is 24.3 Å². The Bertz CT molecular complexity index is 401. The van der Waals surface area contributed by atoms with E-state index in [2.05, 4.69) is 10.6 Å². The van der Waals surface area contributed by atoms with Crippen molar-refractivity contribution in [3.8, 4) is 0 Å². The first-order valence-electron chi connectivity index (χ1n) is 6.51. The van der Waals surface area contributed by atoms with Crippen LogP contribution in [0.2, 0.25) is 0 Å². The molecule has 3 N–H and O–H groups in total. The first-order chi connectivity index (χ1) is 8.83. The van der Waals surface area contributed by atoms with E-state index < -0.39 is 0 Å². The van der Waals surface area contributed by atoms with Gasteiger partial charge in [0, 0.05) is 36.9 Å². The molecular formula is C14H20N2O2. The molecule has 1 aliphatic heterocycles. The summed E-state index contributed by atoms with van der Waals surface area (Å²) in [5.41, 5.74) is 1.65. The largest absolute Gasteiger partial charge is 0.396 e. The average Bonchev–Trinajstić information content (AvgIpc) is 2.93. The second-order valence-corrected chi connectivity index (χ2v) is 4.60. The van der Waals surface area contributed by atoms with Crippen molar-refractivity contribution < 1.29 is 9.90 Å². The third-order valence-electron chi connectivity index (χ3n) is 3.27. The maximum atomic E-state index is 12.4. The molecule has 1 heterocycles. The molecular weight excluding hydrogens is 228 g/mol. The second kappa shape index (κ2) is 6.52. The summed E-state index contributed by atoms with van der Waals surface area (Å²) in [5.74, 6) is 0.317. The summed E-state index contributed by atoms with van der Waals surface area (Å²) in [5, 5.41) is 15.2. The van der Waals surface area contributed by atoms with Crippen LogP contribution in [0.5, 0.6) is 0 Å². The van der Waals surface area contributed by atoms with Gasteiger partial charge in [-0.25, -0.2) is 0 Å². The van der Waals surface area contributed by atoms with E-state index in [-0.39, 0.29) is 18.3 Å². The summed E-state index contributed by atoms with van der Waals surface area (Å²) in [6.07, 6.45) is 1.61. The maximum absolute atomic E-state index is 12.4. The molecule has 0 spiro atoms. The summed E-state index contributed by atoms with van der Waals surface area (Å²) in [6.45, 7) is 2.56. The minimum Gasteiger partial charge on any atom is -0.396 e. The number of carbonyl (C=O) groups excluding carboxylic acids is 1. The fourth-order valence-corrected chi connectivity index (χ4v) is 2.25. The number of anilines is 1. The summed E-state index contributed by atoms with van der Waals surface area (Å²) in [4.78, 5) is 12.4. The van der Waals surface area contributed by atoms with Crippen LogP contribution < -0.4 is 10.6 Å². The highest BCUT2D eigenvalue weighted by molar-refractivity contribution is 6.02. The van der Waals surface area contributed by atoms with Gasteiger partial charge in [0.2, 0.25) is 0 Å². The van der Waals surface area contributed by atoms with E-state index in [1.54, 1.807) is 0 Å². The van der Waals surface area contributed by atoms with Crippen molar-refractivity contribution in [2.24, 2.45) is 5.92 Å². The van der Waals surface area contributed by atoms with Gasteiger partial charge in [0.15, 0.2) is 5.78 Å². The van der Waals surface area contributed by atoms with Crippen molar-refractivity contribution >= 4 is 11.5 Å². The average molecular weight is 248 g/mol. The normalized spacial score (nSPS) is 18.8. The standard InChI is InChI=1S/C14H20N2O2/c17-9-3-7-16-13-5-2-1-4-12(13)14(18)11-6-8-15-10-11/h1-2,4-5,11,15-17H,3,6-10H2. The zero-order chi connectivity index (χ0) is 12.8. The SMILES string of the molecule is O=C(c1ccccc1NCCCO)C1CCNC1. The predicted molar refractivity (Wildman–Crippen MR) is 71.9 cm³/mol. The van der Waals surface area contributed by atoms with Gasteiger partial charge in [-0.05, 0) is 31.5 Å². The molecule has 2 rings (SSSR count). The molecule has 0 aromatic heterocycles. The third kappa shape index (κ3) is 3.09. The minimum atomic E-state index is 0.103. The molecule has 18 heavy (non-hydrogen) atoms. The zero-order valence-electron chi connectivity index (χ0n) is 10.5. The summed E-state index contributed by atoms with van der Waals surface area (Å²) in [7, 11) is 0. The number of aliphatic hydroxyl groups is 1. The quantitative estimate of drug-likeness (QED) is 0.524. The Balaban J connectivity index is 2.08. The first kappa shape index (κ1) is 13.1. The molecule has 1 aromatic carbocycles. The molecule has 1 unspecified atom stereocenters. The van der Waals surface area contributed by atoms with E-state index in [0.717, 1.165) is 30.8 Å². The smallest absolute Gasteiger partial charge is 0.169 e. The van der Waals surface area contributed by atoms with Crippen LogP contribution in [0.25, 0.3) is 0 Å². The molecule has 98 valence electrons. The molecule has 0 amide bonds. The predicted octanol–water partition coefficient (Wildman–Crippen LogP) is 1.27. The molecule has 1 fully saturated rings. The summed E-state index contributed by atoms with van der Waals surface area (Å²) < 4.78 is 0. The lowest BCUT2D eigenvalue weighted by atomic mass is 9.95. The van der Waals surface area contributed by atoms with Gasteiger partial charge >= 0.3 is 0 Å². The highest BCUT2D eigenvalue weighted by Gasteiger charge is 2.24. The fourth-order valence-electron chi connectivity index (χ4n) is 2.25. The number of nitrogens with one attached hydrogen (secondary N) is 2. The van der Waals surface area contributed by atoms with Crippen LogP contribution in [-0.2, 0) is 0 Å². The van der Waals surface area contributed by atoms with Crippen LogP contribution in [0.4, 0.5) is 5.69 Å². The number of para-hydroxylation sites is 1. The van der Waals surface area contributed by atoms with Gasteiger partial charge < -0.3 is 15.7 Å². The van der Waals surface area contributed by atoms with Gasteiger partial charge in [-0.1, -0.05) is 12.1 Å². The topological polar surface area (TPSA) is 61.4 Å². The fraction of sp³-hybridized carbons (Fsp3) is 0.500. The van der Waals surface area contributed by atoms with E-state index in [0.29, 0.717) is 13.0 Å². The Kier molecular flexibility index (Phi) is 4.73. The van der Waals surface area contributed by atoms with Gasteiger partial charge in [-0.15, -0.1) is 0 Å². The van der Waals surface area contributed by atoms with Gasteiger partial charge in [0.05, 0.1) is 0 Å². The van der Waals surface area contributed by atoms with Crippen molar-refractivity contribution in [1.29, 1.82) is 0 Å². The van der Waals surface area contributed by atoms with Crippen LogP contribution in [0, 0.1) is 5.92 Å². The lowest BCUT2D eigenvalue weighted by molar-refractivity contribution is 0.0931. The van der Waals surface area contributed by atoms with Crippen molar-refractivity contribution in [3.63, 3.8) is 0 Å². The maximum Gasteiger partial charge on any atom is 0.169 e. The lowest BCUT2D eigenvalue weighted by Gasteiger charge is -2.13. The number of carbonyl (C=O) groups is 1. The highest BCUT2D eigenvalue weighted by atomic mass is 16.3. The number of rotatable bonds is 6. The summed E-state index contributed by atoms with van der Waals surface area (Å²) >= 11 is 0. The zero-order valence-corrected chi connectivity index (χ0v) is 10.5. The van der Waals surface area contributed by atoms with Gasteiger partial charge in [0.1, 0.15) is 0 Å². The number of aliphatic hydroxyl groups excluding tert-OH is 1. The van der Waals surface area contributed by atoms with E-state index in [1.807, 2.05) is 24.3 Å². The van der Waals surface area contributed by atoms with Crippen molar-refractivity contribution in [1.82, 2.24) is 5.32 Å². The third-order valence-corrected chi connectivity index (χ3v) is 3.27. The van der Waals surface area contributed by atoms with Gasteiger partial charge in [-0.3, -0.25) is 4.79 Å². The van der Waals surface area contributed by atoms with Crippen molar-refractivity contribution in [2.75, 3.05) is 31.6 Å². The number of Topliss-reactive ketones (excluding diaryl/α,β-unsaturated/α-hetero) is 1. The van der Waals surface area contributed by atoms with Crippen LogP contribution in [0.3, 0.4) is 0 Å². The van der Waals surface area contributed by atoms with Gasteiger partial charge in [0.25, 0.3) is 0 Å². The molecule has 0 aliphatic carbocycles. The number of benzene rings is 1. The second-order valence-electron chi connectivity index (χ2n) is 4.60. The number of hydrogen-bond acceptors (Lipinski definition) is 4. The van der Waals surface area contributed by atoms with Crippen molar-refractivity contribution in [3.05, 3.63) is 29.8 Å². The molecule has 1 aromatic rings. The molecule has 1 atom stereocenters. The van der Waals surface area contributed by atoms with Crippen LogP contribution >= 0.6 is 0 Å². The van der Waals surface area contributed by atoms with Crippen molar-refractivity contribution in [2.45, 2.75) is 12.8 Å². The molecule has 4 heteroatoms. The Morgan fingerprint density at radius 1 is 1.44 bits per heavy atom. The molecule has 1 aliphatic rings. The molecule has 0 bridgehead atoms.